The molecule has 2 aliphatic carbocycles. The van der Waals surface area contributed by atoms with E-state index in [2.05, 4.69) is 41.5 Å². The first-order valence-electron chi connectivity index (χ1n) is 10.5. The maximum atomic E-state index is 4.81. The zero-order valence-corrected chi connectivity index (χ0v) is 22.8. The number of hydrogen-bond acceptors (Lipinski definition) is 0. The Bertz CT molecular complexity index is 335. The molecule has 0 aromatic rings. The summed E-state index contributed by atoms with van der Waals surface area (Å²) in [5.41, 5.74) is 2.24. The summed E-state index contributed by atoms with van der Waals surface area (Å²) in [7, 11) is 9.99. The van der Waals surface area contributed by atoms with E-state index in [4.69, 9.17) is 19.1 Å². The molecule has 2 fully saturated rings. The first kappa shape index (κ1) is 26.1. The summed E-state index contributed by atoms with van der Waals surface area (Å²) in [6.07, 6.45) is 15.4. The van der Waals surface area contributed by atoms with Crippen LogP contribution in [0.15, 0.2) is 0 Å². The molecule has 2 rings (SSSR count). The van der Waals surface area contributed by atoms with Crippen molar-refractivity contribution in [3.63, 3.8) is 0 Å². The molecule has 0 atom stereocenters. The zero-order valence-electron chi connectivity index (χ0n) is 17.9. The van der Waals surface area contributed by atoms with Crippen LogP contribution in [0, 0.1) is 0 Å². The second-order valence-electron chi connectivity index (χ2n) is 10.1. The normalized spacial score (nSPS) is 21.2. The van der Waals surface area contributed by atoms with Crippen molar-refractivity contribution >= 4 is 34.9 Å². The summed E-state index contributed by atoms with van der Waals surface area (Å²) >= 11 is -0.106. The van der Waals surface area contributed by atoms with Crippen LogP contribution in [0.2, 0.25) is 0 Å². The Morgan fingerprint density at radius 1 is 0.692 bits per heavy atom. The minimum atomic E-state index is -0.106. The summed E-state index contributed by atoms with van der Waals surface area (Å²) in [5.74, 6) is 1.62. The predicted octanol–water partition coefficient (Wildman–Crippen LogP) is 9.55. The van der Waals surface area contributed by atoms with E-state index in [-0.39, 0.29) is 31.8 Å². The van der Waals surface area contributed by atoms with Crippen molar-refractivity contribution in [3.8, 4) is 0 Å². The summed E-state index contributed by atoms with van der Waals surface area (Å²) in [6.45, 7) is 15.2. The van der Waals surface area contributed by atoms with Gasteiger partial charge in [0.2, 0.25) is 0 Å². The first-order valence-corrected chi connectivity index (χ1v) is 17.7. The predicted molar refractivity (Wildman–Crippen MR) is 124 cm³/mol. The molecule has 26 heavy (non-hydrogen) atoms. The van der Waals surface area contributed by atoms with Crippen LogP contribution in [-0.2, 0) is 15.9 Å². The molecule has 0 bridgehead atoms. The molecule has 2 saturated carbocycles. The molecule has 0 nitrogen and oxygen atoms in total. The molecule has 160 valence electrons. The fraction of sp³-hybridized carbons (Fsp3) is 1.00. The molecule has 0 aromatic carbocycles. The quantitative estimate of drug-likeness (QED) is 0.249. The van der Waals surface area contributed by atoms with Crippen LogP contribution in [0.5, 0.6) is 0 Å². The van der Waals surface area contributed by atoms with Gasteiger partial charge in [-0.25, -0.2) is 0 Å². The number of rotatable bonds is 4. The van der Waals surface area contributed by atoms with Crippen molar-refractivity contribution in [2.45, 2.75) is 127 Å². The van der Waals surface area contributed by atoms with Crippen LogP contribution in [0.4, 0.5) is 0 Å². The van der Waals surface area contributed by atoms with Gasteiger partial charge < -0.3 is 0 Å². The standard InChI is InChI=1S/C21H42P2.2ClH.Pd/c1-20(2,3)23(21(4,5)6)17-22(18-13-9-7-10-14-18)19-15-11-8-12-16-19;;;/h18-19H,7-17H2,1-6H3;2*1H;/q;;;+2/p-2. The monoisotopic (exact) mass is 532 g/mol. The fourth-order valence-corrected chi connectivity index (χ4v) is 16.2. The van der Waals surface area contributed by atoms with Crippen LogP contribution in [0.3, 0.4) is 0 Å². The van der Waals surface area contributed by atoms with Crippen molar-refractivity contribution in [1.29, 1.82) is 0 Å². The maximum absolute atomic E-state index is 4.81. The van der Waals surface area contributed by atoms with E-state index in [0.717, 1.165) is 11.3 Å². The average Bonchev–Trinajstić information content (AvgIpc) is 2.55. The van der Waals surface area contributed by atoms with Crippen LogP contribution in [-0.4, -0.2) is 27.5 Å². The Morgan fingerprint density at radius 3 is 1.27 bits per heavy atom. The molecule has 0 amide bonds. The van der Waals surface area contributed by atoms with Crippen LogP contribution in [0.25, 0.3) is 0 Å². The van der Waals surface area contributed by atoms with Gasteiger partial charge >= 0.3 is 35.0 Å². The minimum absolute atomic E-state index is 0.0971. The zero-order chi connectivity index (χ0) is 19.8. The van der Waals surface area contributed by atoms with Gasteiger partial charge in [-0.2, -0.15) is 0 Å². The molecule has 0 N–H and O–H groups in total. The SMILES string of the molecule is CC(C)(C)P(CP(C1CCCCC1)C1CCCCC1)C(C)(C)C.[Cl][Pd][Cl]. The van der Waals surface area contributed by atoms with Crippen molar-refractivity contribution in [1.82, 2.24) is 0 Å². The number of halogens is 2. The molecule has 0 aromatic heterocycles. The first-order chi connectivity index (χ1) is 12.1. The molecule has 0 radical (unpaired) electrons. The van der Waals surface area contributed by atoms with Gasteiger partial charge in [0.1, 0.15) is 0 Å². The Hall–Kier alpha value is 2.10. The Morgan fingerprint density at radius 2 is 1.00 bits per heavy atom. The van der Waals surface area contributed by atoms with Gasteiger partial charge in [0.25, 0.3) is 0 Å². The van der Waals surface area contributed by atoms with E-state index >= 15 is 0 Å². The van der Waals surface area contributed by atoms with Crippen molar-refractivity contribution in [2.24, 2.45) is 0 Å². The fourth-order valence-electron chi connectivity index (χ4n) is 4.95. The van der Waals surface area contributed by atoms with Crippen molar-refractivity contribution in [2.75, 3.05) is 5.90 Å². The van der Waals surface area contributed by atoms with E-state index in [0.29, 0.717) is 10.3 Å². The third-order valence-corrected chi connectivity index (χ3v) is 14.6. The second kappa shape index (κ2) is 12.7. The topological polar surface area (TPSA) is 0 Å². The molecule has 0 aliphatic heterocycles. The molecule has 0 unspecified atom stereocenters. The molecular formula is C21H42Cl2P2Pd. The summed E-state index contributed by atoms with van der Waals surface area (Å²) in [6, 6.07) is 0. The summed E-state index contributed by atoms with van der Waals surface area (Å²) in [4.78, 5) is 0. The molecule has 0 heterocycles. The van der Waals surface area contributed by atoms with Crippen LogP contribution >= 0.6 is 34.9 Å². The second-order valence-corrected chi connectivity index (χ2v) is 19.6. The van der Waals surface area contributed by atoms with Gasteiger partial charge in [0.15, 0.2) is 0 Å². The van der Waals surface area contributed by atoms with Crippen molar-refractivity contribution in [3.05, 3.63) is 0 Å². The van der Waals surface area contributed by atoms with E-state index in [9.17, 15) is 0 Å². The van der Waals surface area contributed by atoms with Gasteiger partial charge in [-0.05, 0) is 53.2 Å². The molecule has 0 spiro atoms. The molecule has 5 heteroatoms. The van der Waals surface area contributed by atoms with Crippen LogP contribution in [0.1, 0.15) is 106 Å². The Kier molecular flexibility index (Phi) is 12.8. The summed E-state index contributed by atoms with van der Waals surface area (Å²) < 4.78 is 0. The Balaban J connectivity index is 0.00000105. The summed E-state index contributed by atoms with van der Waals surface area (Å²) in [5, 5.41) is 1.02. The number of hydrogen-bond donors (Lipinski definition) is 0. The third-order valence-electron chi connectivity index (χ3n) is 6.01. The van der Waals surface area contributed by atoms with E-state index in [1.165, 1.54) is 38.5 Å². The van der Waals surface area contributed by atoms with E-state index in [1.54, 1.807) is 31.6 Å². The van der Waals surface area contributed by atoms with Gasteiger partial charge in [0.05, 0.1) is 0 Å². The van der Waals surface area contributed by atoms with Gasteiger partial charge in [-0.3, -0.25) is 0 Å². The van der Waals surface area contributed by atoms with Gasteiger partial charge in [0, 0.05) is 0 Å². The molecule has 0 saturated heterocycles. The van der Waals surface area contributed by atoms with E-state index in [1.807, 2.05) is 0 Å². The van der Waals surface area contributed by atoms with Gasteiger partial charge in [-0.1, -0.05) is 95.9 Å². The van der Waals surface area contributed by atoms with Gasteiger partial charge in [-0.15, -0.1) is 0 Å². The molecular weight excluding hydrogens is 492 g/mol. The molecule has 2 aliphatic rings. The Labute approximate surface area is 183 Å². The third kappa shape index (κ3) is 9.28. The van der Waals surface area contributed by atoms with Crippen molar-refractivity contribution < 1.29 is 15.9 Å². The average molecular weight is 534 g/mol. The van der Waals surface area contributed by atoms with Crippen LogP contribution < -0.4 is 0 Å². The van der Waals surface area contributed by atoms with E-state index < -0.39 is 0 Å².